The SMILES string of the molecule is CC(C)C[C@H](CN)Cc1nc(Cc2ccc(F)cc2)no1. The van der Waals surface area contributed by atoms with Crippen molar-refractivity contribution < 1.29 is 8.91 Å². The van der Waals surface area contributed by atoms with Crippen molar-refractivity contribution in [3.05, 3.63) is 47.4 Å². The van der Waals surface area contributed by atoms with Crippen molar-refractivity contribution in [1.29, 1.82) is 0 Å². The molecular formula is C16H22FN3O. The molecule has 0 bridgehead atoms. The van der Waals surface area contributed by atoms with Gasteiger partial charge in [0, 0.05) is 12.8 Å². The zero-order valence-electron chi connectivity index (χ0n) is 12.6. The molecule has 0 amide bonds. The second-order valence-electron chi connectivity index (χ2n) is 5.84. The van der Waals surface area contributed by atoms with Crippen molar-refractivity contribution in [2.24, 2.45) is 17.6 Å². The number of hydrogen-bond acceptors (Lipinski definition) is 4. The van der Waals surface area contributed by atoms with E-state index < -0.39 is 0 Å². The Morgan fingerprint density at radius 1 is 1.24 bits per heavy atom. The van der Waals surface area contributed by atoms with E-state index in [0.29, 0.717) is 42.9 Å². The molecule has 0 radical (unpaired) electrons. The summed E-state index contributed by atoms with van der Waals surface area (Å²) in [4.78, 5) is 4.40. The van der Waals surface area contributed by atoms with Crippen LogP contribution in [0, 0.1) is 17.7 Å². The molecule has 0 saturated carbocycles. The first-order valence-electron chi connectivity index (χ1n) is 7.32. The van der Waals surface area contributed by atoms with Crippen LogP contribution in [0.2, 0.25) is 0 Å². The number of hydrogen-bond donors (Lipinski definition) is 1. The van der Waals surface area contributed by atoms with Gasteiger partial charge in [0.15, 0.2) is 5.82 Å². The van der Waals surface area contributed by atoms with E-state index in [1.54, 1.807) is 12.1 Å². The molecule has 114 valence electrons. The van der Waals surface area contributed by atoms with Crippen LogP contribution in [0.15, 0.2) is 28.8 Å². The molecule has 21 heavy (non-hydrogen) atoms. The maximum Gasteiger partial charge on any atom is 0.226 e. The van der Waals surface area contributed by atoms with Crippen molar-refractivity contribution >= 4 is 0 Å². The number of aromatic nitrogens is 2. The molecule has 0 aliphatic rings. The van der Waals surface area contributed by atoms with Gasteiger partial charge >= 0.3 is 0 Å². The maximum absolute atomic E-state index is 12.9. The van der Waals surface area contributed by atoms with E-state index in [4.69, 9.17) is 10.3 Å². The summed E-state index contributed by atoms with van der Waals surface area (Å²) in [5.41, 5.74) is 6.75. The summed E-state index contributed by atoms with van der Waals surface area (Å²) in [6, 6.07) is 6.33. The van der Waals surface area contributed by atoms with E-state index in [1.165, 1.54) is 12.1 Å². The molecule has 5 heteroatoms. The lowest BCUT2D eigenvalue weighted by atomic mass is 9.94. The molecule has 0 aliphatic carbocycles. The molecule has 1 aromatic carbocycles. The Hall–Kier alpha value is -1.75. The summed E-state index contributed by atoms with van der Waals surface area (Å²) in [5.74, 6) is 1.97. The zero-order chi connectivity index (χ0) is 15.2. The van der Waals surface area contributed by atoms with Gasteiger partial charge in [0.1, 0.15) is 5.82 Å². The Morgan fingerprint density at radius 2 is 1.95 bits per heavy atom. The van der Waals surface area contributed by atoms with Crippen molar-refractivity contribution in [2.75, 3.05) is 6.54 Å². The molecule has 0 unspecified atom stereocenters. The standard InChI is InChI=1S/C16H22FN3O/c1-11(2)7-13(10-18)9-16-19-15(20-21-16)8-12-3-5-14(17)6-4-12/h3-6,11,13H,7-10,18H2,1-2H3/t13-/m0/s1. The van der Waals surface area contributed by atoms with Gasteiger partial charge in [-0.3, -0.25) is 0 Å². The maximum atomic E-state index is 12.9. The predicted molar refractivity (Wildman–Crippen MR) is 79.2 cm³/mol. The van der Waals surface area contributed by atoms with Crippen molar-refractivity contribution in [2.45, 2.75) is 33.1 Å². The first-order valence-corrected chi connectivity index (χ1v) is 7.32. The van der Waals surface area contributed by atoms with Crippen molar-refractivity contribution in [3.63, 3.8) is 0 Å². The quantitative estimate of drug-likeness (QED) is 0.851. The second kappa shape index (κ2) is 7.31. The highest BCUT2D eigenvalue weighted by Gasteiger charge is 2.15. The first kappa shape index (κ1) is 15.6. The molecular weight excluding hydrogens is 269 g/mol. The fourth-order valence-corrected chi connectivity index (χ4v) is 2.41. The van der Waals surface area contributed by atoms with Gasteiger partial charge in [-0.25, -0.2) is 4.39 Å². The molecule has 0 aliphatic heterocycles. The molecule has 1 atom stereocenters. The van der Waals surface area contributed by atoms with Gasteiger partial charge in [-0.15, -0.1) is 0 Å². The second-order valence-corrected chi connectivity index (χ2v) is 5.84. The summed E-state index contributed by atoms with van der Waals surface area (Å²) < 4.78 is 18.1. The minimum atomic E-state index is -0.243. The molecule has 1 heterocycles. The van der Waals surface area contributed by atoms with Crippen LogP contribution in [-0.2, 0) is 12.8 Å². The number of nitrogens with zero attached hydrogens (tertiary/aromatic N) is 2. The van der Waals surface area contributed by atoms with Gasteiger partial charge in [0.25, 0.3) is 0 Å². The van der Waals surface area contributed by atoms with Gasteiger partial charge in [-0.2, -0.15) is 4.98 Å². The number of rotatable bonds is 7. The minimum absolute atomic E-state index is 0.243. The van der Waals surface area contributed by atoms with Crippen LogP contribution in [0.25, 0.3) is 0 Å². The topological polar surface area (TPSA) is 64.9 Å². The Kier molecular flexibility index (Phi) is 5.44. The summed E-state index contributed by atoms with van der Waals surface area (Å²) in [7, 11) is 0. The molecule has 2 aromatic rings. The van der Waals surface area contributed by atoms with Crippen LogP contribution in [0.5, 0.6) is 0 Å². The number of nitrogens with two attached hydrogens (primary N) is 1. The van der Waals surface area contributed by atoms with E-state index in [1.807, 2.05) is 0 Å². The Labute approximate surface area is 124 Å². The molecule has 0 saturated heterocycles. The minimum Gasteiger partial charge on any atom is -0.339 e. The van der Waals surface area contributed by atoms with Crippen molar-refractivity contribution in [3.8, 4) is 0 Å². The van der Waals surface area contributed by atoms with Gasteiger partial charge in [-0.05, 0) is 42.5 Å². The predicted octanol–water partition coefficient (Wildman–Crippen LogP) is 2.96. The molecule has 0 spiro atoms. The van der Waals surface area contributed by atoms with Crippen LogP contribution < -0.4 is 5.73 Å². The smallest absolute Gasteiger partial charge is 0.226 e. The number of benzene rings is 1. The van der Waals surface area contributed by atoms with E-state index in [-0.39, 0.29) is 5.82 Å². The summed E-state index contributed by atoms with van der Waals surface area (Å²) in [6.07, 6.45) is 2.30. The lowest BCUT2D eigenvalue weighted by Crippen LogP contribution is -2.19. The molecule has 0 fully saturated rings. The Bertz CT molecular complexity index is 551. The molecule has 4 nitrogen and oxygen atoms in total. The fraction of sp³-hybridized carbons (Fsp3) is 0.500. The summed E-state index contributed by atoms with van der Waals surface area (Å²) in [5, 5.41) is 3.98. The highest BCUT2D eigenvalue weighted by Crippen LogP contribution is 2.16. The summed E-state index contributed by atoms with van der Waals surface area (Å²) >= 11 is 0. The third kappa shape index (κ3) is 4.93. The van der Waals surface area contributed by atoms with E-state index in [0.717, 1.165) is 12.0 Å². The highest BCUT2D eigenvalue weighted by molar-refractivity contribution is 5.19. The average Bonchev–Trinajstić information content (AvgIpc) is 2.87. The lowest BCUT2D eigenvalue weighted by Gasteiger charge is -2.14. The van der Waals surface area contributed by atoms with Crippen molar-refractivity contribution in [1.82, 2.24) is 10.1 Å². The van der Waals surface area contributed by atoms with E-state index >= 15 is 0 Å². The van der Waals surface area contributed by atoms with Gasteiger partial charge < -0.3 is 10.3 Å². The molecule has 2 N–H and O–H groups in total. The van der Waals surface area contributed by atoms with Gasteiger partial charge in [-0.1, -0.05) is 31.1 Å². The first-order chi connectivity index (χ1) is 10.1. The van der Waals surface area contributed by atoms with Crippen LogP contribution in [0.4, 0.5) is 4.39 Å². The van der Waals surface area contributed by atoms with Crippen LogP contribution >= 0.6 is 0 Å². The fourth-order valence-electron chi connectivity index (χ4n) is 2.41. The third-order valence-electron chi connectivity index (χ3n) is 3.39. The number of halogens is 1. The van der Waals surface area contributed by atoms with Crippen LogP contribution in [0.3, 0.4) is 0 Å². The third-order valence-corrected chi connectivity index (χ3v) is 3.39. The van der Waals surface area contributed by atoms with Crippen LogP contribution in [0.1, 0.15) is 37.5 Å². The lowest BCUT2D eigenvalue weighted by molar-refractivity contribution is 0.329. The monoisotopic (exact) mass is 291 g/mol. The normalized spacial score (nSPS) is 12.8. The highest BCUT2D eigenvalue weighted by atomic mass is 19.1. The Balaban J connectivity index is 1.95. The molecule has 1 aromatic heterocycles. The summed E-state index contributed by atoms with van der Waals surface area (Å²) in [6.45, 7) is 4.97. The Morgan fingerprint density at radius 3 is 2.57 bits per heavy atom. The average molecular weight is 291 g/mol. The largest absolute Gasteiger partial charge is 0.339 e. The van der Waals surface area contributed by atoms with Gasteiger partial charge in [0.05, 0.1) is 0 Å². The van der Waals surface area contributed by atoms with E-state index in [2.05, 4.69) is 24.0 Å². The van der Waals surface area contributed by atoms with Gasteiger partial charge in [0.2, 0.25) is 5.89 Å². The van der Waals surface area contributed by atoms with Crippen LogP contribution in [-0.4, -0.2) is 16.7 Å². The zero-order valence-corrected chi connectivity index (χ0v) is 12.6. The van der Waals surface area contributed by atoms with E-state index in [9.17, 15) is 4.39 Å². The molecule has 2 rings (SSSR count).